The summed E-state index contributed by atoms with van der Waals surface area (Å²) < 4.78 is 1.56. The van der Waals surface area contributed by atoms with E-state index < -0.39 is 0 Å². The van der Waals surface area contributed by atoms with Crippen molar-refractivity contribution >= 4 is 28.2 Å². The second-order valence-electron chi connectivity index (χ2n) is 8.88. The molecule has 1 N–H and O–H groups in total. The lowest BCUT2D eigenvalue weighted by Gasteiger charge is -2.37. The summed E-state index contributed by atoms with van der Waals surface area (Å²) in [6, 6.07) is 20.9. The standard InChI is InChI=1S/C28H29N5O2/c1-31-25-8-4-2-6-22(25)23(20-27(31)34)28(35)30-24-7-3-5-9-26(24)33-18-16-32(17-19-33)15-12-21-10-13-29-14-11-21/h2-11,13-14,20H,12,15-19H2,1H3,(H,30,35). The number of benzene rings is 2. The fraction of sp³-hybridized carbons (Fsp3) is 0.250. The Kier molecular flexibility index (Phi) is 6.59. The molecule has 2 aromatic carbocycles. The maximum Gasteiger partial charge on any atom is 0.256 e. The van der Waals surface area contributed by atoms with Crippen LogP contribution in [-0.2, 0) is 13.5 Å². The average molecular weight is 468 g/mol. The summed E-state index contributed by atoms with van der Waals surface area (Å²) in [5, 5.41) is 3.83. The number of fused-ring (bicyclic) bond motifs is 1. The van der Waals surface area contributed by atoms with Crippen LogP contribution in [-0.4, -0.2) is 53.1 Å². The molecule has 5 rings (SSSR count). The third-order valence-electron chi connectivity index (χ3n) is 6.73. The molecule has 35 heavy (non-hydrogen) atoms. The van der Waals surface area contributed by atoms with E-state index in [1.807, 2.05) is 60.9 Å². The zero-order valence-electron chi connectivity index (χ0n) is 19.9. The van der Waals surface area contributed by atoms with Crippen molar-refractivity contribution in [2.45, 2.75) is 6.42 Å². The molecule has 2 aromatic heterocycles. The van der Waals surface area contributed by atoms with Gasteiger partial charge in [-0.1, -0.05) is 30.3 Å². The second-order valence-corrected chi connectivity index (χ2v) is 8.88. The molecular formula is C28H29N5O2. The number of amides is 1. The predicted octanol–water partition coefficient (Wildman–Crippen LogP) is 3.55. The Morgan fingerprint density at radius 3 is 2.46 bits per heavy atom. The molecule has 1 saturated heterocycles. The largest absolute Gasteiger partial charge is 0.367 e. The third-order valence-corrected chi connectivity index (χ3v) is 6.73. The van der Waals surface area contributed by atoms with E-state index in [4.69, 9.17) is 0 Å². The van der Waals surface area contributed by atoms with Crippen molar-refractivity contribution in [3.8, 4) is 0 Å². The summed E-state index contributed by atoms with van der Waals surface area (Å²) in [6.45, 7) is 4.72. The van der Waals surface area contributed by atoms with Gasteiger partial charge in [-0.25, -0.2) is 0 Å². The molecule has 1 aliphatic rings. The Morgan fingerprint density at radius 2 is 1.66 bits per heavy atom. The maximum atomic E-state index is 13.3. The van der Waals surface area contributed by atoms with E-state index in [0.717, 1.165) is 61.4 Å². The van der Waals surface area contributed by atoms with Gasteiger partial charge in [0.1, 0.15) is 0 Å². The van der Waals surface area contributed by atoms with E-state index in [1.54, 1.807) is 11.6 Å². The van der Waals surface area contributed by atoms with Crippen LogP contribution in [0.1, 0.15) is 15.9 Å². The number of nitrogens with one attached hydrogen (secondary N) is 1. The molecule has 0 atom stereocenters. The first-order valence-corrected chi connectivity index (χ1v) is 12.0. The Hall–Kier alpha value is -3.97. The zero-order chi connectivity index (χ0) is 24.2. The molecule has 0 bridgehead atoms. The number of carbonyl (C=O) groups excluding carboxylic acids is 1. The molecule has 0 radical (unpaired) electrons. The normalized spacial score (nSPS) is 14.3. The molecule has 3 heterocycles. The minimum Gasteiger partial charge on any atom is -0.367 e. The van der Waals surface area contributed by atoms with Crippen LogP contribution in [0.4, 0.5) is 11.4 Å². The summed E-state index contributed by atoms with van der Waals surface area (Å²) >= 11 is 0. The number of nitrogens with zero attached hydrogens (tertiary/aromatic N) is 4. The molecule has 1 aliphatic heterocycles. The number of aryl methyl sites for hydroxylation is 1. The minimum atomic E-state index is -0.276. The lowest BCUT2D eigenvalue weighted by molar-refractivity contribution is 0.102. The molecule has 0 unspecified atom stereocenters. The quantitative estimate of drug-likeness (QED) is 0.470. The Bertz CT molecular complexity index is 1390. The van der Waals surface area contributed by atoms with Gasteiger partial charge >= 0.3 is 0 Å². The highest BCUT2D eigenvalue weighted by atomic mass is 16.2. The highest BCUT2D eigenvalue weighted by Crippen LogP contribution is 2.28. The van der Waals surface area contributed by atoms with E-state index in [0.29, 0.717) is 5.56 Å². The number of anilines is 2. The van der Waals surface area contributed by atoms with Crippen molar-refractivity contribution in [3.05, 3.63) is 101 Å². The van der Waals surface area contributed by atoms with Crippen LogP contribution in [0.2, 0.25) is 0 Å². The van der Waals surface area contributed by atoms with Crippen LogP contribution in [0.3, 0.4) is 0 Å². The summed E-state index contributed by atoms with van der Waals surface area (Å²) in [7, 11) is 1.72. The molecule has 0 saturated carbocycles. The molecule has 1 fully saturated rings. The van der Waals surface area contributed by atoms with Crippen LogP contribution in [0.15, 0.2) is 83.9 Å². The summed E-state index contributed by atoms with van der Waals surface area (Å²) in [4.78, 5) is 34.7. The maximum absolute atomic E-state index is 13.3. The first kappa shape index (κ1) is 22.8. The summed E-state index contributed by atoms with van der Waals surface area (Å²) in [6.07, 6.45) is 4.70. The lowest BCUT2D eigenvalue weighted by Crippen LogP contribution is -2.47. The molecule has 4 aromatic rings. The van der Waals surface area contributed by atoms with Crippen LogP contribution in [0.25, 0.3) is 10.9 Å². The molecule has 7 nitrogen and oxygen atoms in total. The van der Waals surface area contributed by atoms with Gasteiger partial charge < -0.3 is 14.8 Å². The number of hydrogen-bond donors (Lipinski definition) is 1. The first-order valence-electron chi connectivity index (χ1n) is 12.0. The fourth-order valence-corrected chi connectivity index (χ4v) is 4.69. The van der Waals surface area contributed by atoms with Gasteiger partial charge in [-0.3, -0.25) is 19.5 Å². The number of aromatic nitrogens is 2. The van der Waals surface area contributed by atoms with Gasteiger partial charge in [0.25, 0.3) is 11.5 Å². The van der Waals surface area contributed by atoms with Gasteiger partial charge in [-0.15, -0.1) is 0 Å². The average Bonchev–Trinajstić information content (AvgIpc) is 2.91. The predicted molar refractivity (Wildman–Crippen MR) is 140 cm³/mol. The molecule has 0 aliphatic carbocycles. The lowest BCUT2D eigenvalue weighted by atomic mass is 10.1. The van der Waals surface area contributed by atoms with Crippen LogP contribution in [0.5, 0.6) is 0 Å². The molecular weight excluding hydrogens is 438 g/mol. The van der Waals surface area contributed by atoms with Crippen molar-refractivity contribution in [1.82, 2.24) is 14.5 Å². The van der Waals surface area contributed by atoms with Gasteiger partial charge in [0.2, 0.25) is 0 Å². The Labute approximate surface area is 204 Å². The van der Waals surface area contributed by atoms with Crippen molar-refractivity contribution in [2.75, 3.05) is 42.9 Å². The second kappa shape index (κ2) is 10.1. The number of rotatable bonds is 6. The van der Waals surface area contributed by atoms with Crippen molar-refractivity contribution in [3.63, 3.8) is 0 Å². The molecule has 0 spiro atoms. The van der Waals surface area contributed by atoms with Crippen molar-refractivity contribution in [1.29, 1.82) is 0 Å². The first-order chi connectivity index (χ1) is 17.1. The number of pyridine rings is 2. The monoisotopic (exact) mass is 467 g/mol. The van der Waals surface area contributed by atoms with Gasteiger partial charge in [0, 0.05) is 63.6 Å². The zero-order valence-corrected chi connectivity index (χ0v) is 19.9. The van der Waals surface area contributed by atoms with Gasteiger partial charge in [-0.2, -0.15) is 0 Å². The van der Waals surface area contributed by atoms with E-state index in [9.17, 15) is 9.59 Å². The van der Waals surface area contributed by atoms with Gasteiger partial charge in [0.15, 0.2) is 0 Å². The SMILES string of the molecule is Cn1c(=O)cc(C(=O)Nc2ccccc2N2CCN(CCc3ccncc3)CC2)c2ccccc21. The number of piperazine rings is 1. The fourth-order valence-electron chi connectivity index (χ4n) is 4.69. The van der Waals surface area contributed by atoms with Crippen molar-refractivity contribution < 1.29 is 4.79 Å². The molecule has 7 heteroatoms. The number of para-hydroxylation sites is 3. The highest BCUT2D eigenvalue weighted by molar-refractivity contribution is 6.13. The van der Waals surface area contributed by atoms with Crippen LogP contribution >= 0.6 is 0 Å². The smallest absolute Gasteiger partial charge is 0.256 e. The minimum absolute atomic E-state index is 0.204. The van der Waals surface area contributed by atoms with Crippen LogP contribution < -0.4 is 15.8 Å². The van der Waals surface area contributed by atoms with Gasteiger partial charge in [0.05, 0.1) is 22.5 Å². The van der Waals surface area contributed by atoms with E-state index in [2.05, 4.69) is 32.2 Å². The Morgan fingerprint density at radius 1 is 0.943 bits per heavy atom. The third kappa shape index (κ3) is 4.95. The summed E-state index contributed by atoms with van der Waals surface area (Å²) in [5.74, 6) is -0.276. The number of carbonyl (C=O) groups is 1. The van der Waals surface area contributed by atoms with Crippen LogP contribution in [0, 0.1) is 0 Å². The van der Waals surface area contributed by atoms with E-state index >= 15 is 0 Å². The molecule has 1 amide bonds. The molecule has 178 valence electrons. The topological polar surface area (TPSA) is 70.5 Å². The van der Waals surface area contributed by atoms with Gasteiger partial charge in [-0.05, 0) is 42.3 Å². The highest BCUT2D eigenvalue weighted by Gasteiger charge is 2.21. The Balaban J connectivity index is 1.29. The number of hydrogen-bond acceptors (Lipinski definition) is 5. The van der Waals surface area contributed by atoms with E-state index in [1.165, 1.54) is 11.6 Å². The van der Waals surface area contributed by atoms with Crippen molar-refractivity contribution in [2.24, 2.45) is 7.05 Å². The summed E-state index contributed by atoms with van der Waals surface area (Å²) in [5.41, 5.74) is 3.99. The van der Waals surface area contributed by atoms with E-state index in [-0.39, 0.29) is 11.5 Å².